The molecule has 0 heterocycles. The fourth-order valence-electron chi connectivity index (χ4n) is 3.03. The van der Waals surface area contributed by atoms with Gasteiger partial charge in [-0.05, 0) is 94.7 Å². The van der Waals surface area contributed by atoms with Crippen LogP contribution in [-0.4, -0.2) is 23.5 Å². The molecule has 0 aliphatic heterocycles. The molecule has 0 spiro atoms. The molecule has 11 heteroatoms. The highest BCUT2D eigenvalue weighted by atomic mass is 79.9. The Hall–Kier alpha value is -3.44. The van der Waals surface area contributed by atoms with Crippen LogP contribution in [0.4, 0.5) is 24.5 Å². The first-order chi connectivity index (χ1) is 17.4. The average Bonchev–Trinajstić information content (AvgIpc) is 2.83. The molecule has 3 rings (SSSR count). The van der Waals surface area contributed by atoms with Gasteiger partial charge in [-0.2, -0.15) is 13.2 Å². The summed E-state index contributed by atoms with van der Waals surface area (Å²) in [6.07, 6.45) is -4.51. The first-order valence-electron chi connectivity index (χ1n) is 11.1. The highest BCUT2D eigenvalue weighted by molar-refractivity contribution is 9.10. The second-order valence-electron chi connectivity index (χ2n) is 8.37. The number of benzene rings is 3. The molecule has 37 heavy (non-hydrogen) atoms. The number of carbonyl (C=O) groups excluding carboxylic acids is 2. The molecule has 3 N–H and O–H groups in total. The van der Waals surface area contributed by atoms with E-state index in [0.29, 0.717) is 34.0 Å². The van der Waals surface area contributed by atoms with E-state index in [1.54, 1.807) is 30.3 Å². The van der Waals surface area contributed by atoms with Gasteiger partial charge in [-0.1, -0.05) is 19.9 Å². The van der Waals surface area contributed by atoms with Gasteiger partial charge in [-0.3, -0.25) is 14.9 Å². The molecule has 3 aromatic carbocycles. The van der Waals surface area contributed by atoms with Crippen LogP contribution in [0.2, 0.25) is 0 Å². The first-order valence-corrected chi connectivity index (χ1v) is 12.3. The number of thiocarbonyl (C=S) groups is 1. The minimum Gasteiger partial charge on any atom is -0.492 e. The van der Waals surface area contributed by atoms with Crippen LogP contribution >= 0.6 is 28.1 Å². The number of hydrogen-bond donors (Lipinski definition) is 3. The number of carbonyl (C=O) groups is 2. The van der Waals surface area contributed by atoms with Crippen molar-refractivity contribution in [1.29, 1.82) is 0 Å². The van der Waals surface area contributed by atoms with Crippen LogP contribution < -0.4 is 20.7 Å². The van der Waals surface area contributed by atoms with E-state index in [4.69, 9.17) is 17.0 Å². The van der Waals surface area contributed by atoms with Crippen molar-refractivity contribution < 1.29 is 27.5 Å². The van der Waals surface area contributed by atoms with Crippen LogP contribution in [0.1, 0.15) is 40.1 Å². The first kappa shape index (κ1) is 28.1. The SMILES string of the molecule is CC(C)COc1ccc(C(=O)NC(=S)Nc2ccc(C(=O)Nc3cccc(C(F)(F)F)c3)cc2)cc1Br. The van der Waals surface area contributed by atoms with Crippen molar-refractivity contribution in [2.45, 2.75) is 20.0 Å². The van der Waals surface area contributed by atoms with Crippen molar-refractivity contribution in [3.8, 4) is 5.75 Å². The van der Waals surface area contributed by atoms with E-state index in [1.165, 1.54) is 24.3 Å². The molecule has 0 fully saturated rings. The van der Waals surface area contributed by atoms with E-state index in [1.807, 2.05) is 13.8 Å². The molecular weight excluding hydrogens is 571 g/mol. The Kier molecular flexibility index (Phi) is 9.28. The third kappa shape index (κ3) is 8.29. The predicted molar refractivity (Wildman–Crippen MR) is 144 cm³/mol. The number of nitrogens with one attached hydrogen (secondary N) is 3. The third-order valence-electron chi connectivity index (χ3n) is 4.85. The number of halogens is 4. The molecule has 0 bridgehead atoms. The zero-order valence-electron chi connectivity index (χ0n) is 19.8. The molecule has 0 aliphatic rings. The number of anilines is 2. The molecule has 194 valence electrons. The van der Waals surface area contributed by atoms with Crippen LogP contribution in [-0.2, 0) is 6.18 Å². The van der Waals surface area contributed by atoms with Crippen LogP contribution in [0.5, 0.6) is 5.75 Å². The normalized spacial score (nSPS) is 11.1. The fourth-order valence-corrected chi connectivity index (χ4v) is 3.74. The molecule has 2 amide bonds. The number of ether oxygens (including phenoxy) is 1. The summed E-state index contributed by atoms with van der Waals surface area (Å²) in [6.45, 7) is 4.61. The third-order valence-corrected chi connectivity index (χ3v) is 5.67. The lowest BCUT2D eigenvalue weighted by Crippen LogP contribution is -2.34. The van der Waals surface area contributed by atoms with Gasteiger partial charge in [-0.15, -0.1) is 0 Å². The highest BCUT2D eigenvalue weighted by Crippen LogP contribution is 2.31. The van der Waals surface area contributed by atoms with Crippen molar-refractivity contribution in [2.75, 3.05) is 17.2 Å². The maximum absolute atomic E-state index is 12.9. The second kappa shape index (κ2) is 12.2. The van der Waals surface area contributed by atoms with Gasteiger partial charge < -0.3 is 15.4 Å². The second-order valence-corrected chi connectivity index (χ2v) is 9.63. The molecule has 6 nitrogen and oxygen atoms in total. The van der Waals surface area contributed by atoms with E-state index in [2.05, 4.69) is 31.9 Å². The minimum atomic E-state index is -4.51. The molecule has 0 saturated carbocycles. The highest BCUT2D eigenvalue weighted by Gasteiger charge is 2.30. The van der Waals surface area contributed by atoms with Crippen molar-refractivity contribution >= 4 is 56.4 Å². The molecular formula is C26H23BrF3N3O3S. The predicted octanol–water partition coefficient (Wildman–Crippen LogP) is 6.88. The van der Waals surface area contributed by atoms with Crippen LogP contribution in [0.25, 0.3) is 0 Å². The van der Waals surface area contributed by atoms with Gasteiger partial charge in [0.15, 0.2) is 5.11 Å². The summed E-state index contributed by atoms with van der Waals surface area (Å²) in [5, 5.41) is 7.91. The van der Waals surface area contributed by atoms with E-state index in [9.17, 15) is 22.8 Å². The number of amides is 2. The Balaban J connectivity index is 1.56. The molecule has 0 radical (unpaired) electrons. The van der Waals surface area contributed by atoms with E-state index in [0.717, 1.165) is 12.1 Å². The van der Waals surface area contributed by atoms with Crippen molar-refractivity contribution in [1.82, 2.24) is 5.32 Å². The van der Waals surface area contributed by atoms with Crippen LogP contribution in [0, 0.1) is 5.92 Å². The van der Waals surface area contributed by atoms with E-state index < -0.39 is 23.6 Å². The van der Waals surface area contributed by atoms with Gasteiger partial charge in [0, 0.05) is 22.5 Å². The Morgan fingerprint density at radius 2 is 1.59 bits per heavy atom. The van der Waals surface area contributed by atoms with Crippen molar-refractivity contribution in [3.63, 3.8) is 0 Å². The van der Waals surface area contributed by atoms with Gasteiger partial charge in [0.1, 0.15) is 5.75 Å². The quantitative estimate of drug-likeness (QED) is 0.260. The Morgan fingerprint density at radius 3 is 2.22 bits per heavy atom. The van der Waals surface area contributed by atoms with Gasteiger partial charge in [0.05, 0.1) is 16.6 Å². The standard InChI is InChI=1S/C26H23BrF3N3O3S/c1-15(2)14-36-22-11-8-17(12-21(22)27)24(35)33-25(37)32-19-9-6-16(7-10-19)23(34)31-20-5-3-4-18(13-20)26(28,29)30/h3-13,15H,14H2,1-2H3,(H,31,34)(H2,32,33,35,37). The van der Waals surface area contributed by atoms with Crippen molar-refractivity contribution in [2.24, 2.45) is 5.92 Å². The maximum Gasteiger partial charge on any atom is 0.416 e. The summed E-state index contributed by atoms with van der Waals surface area (Å²) in [4.78, 5) is 25.0. The van der Waals surface area contributed by atoms with Gasteiger partial charge in [0.25, 0.3) is 11.8 Å². The molecule has 0 aliphatic carbocycles. The minimum absolute atomic E-state index is 0.0251. The maximum atomic E-state index is 12.9. The molecule has 0 atom stereocenters. The summed E-state index contributed by atoms with van der Waals surface area (Å²) in [5.74, 6) is -0.0147. The van der Waals surface area contributed by atoms with E-state index >= 15 is 0 Å². The molecule has 3 aromatic rings. The topological polar surface area (TPSA) is 79.5 Å². The summed E-state index contributed by atoms with van der Waals surface area (Å²) >= 11 is 8.60. The lowest BCUT2D eigenvalue weighted by atomic mass is 10.1. The Labute approximate surface area is 225 Å². The fraction of sp³-hybridized carbons (Fsp3) is 0.192. The Morgan fingerprint density at radius 1 is 0.919 bits per heavy atom. The lowest BCUT2D eigenvalue weighted by molar-refractivity contribution is -0.137. The number of alkyl halides is 3. The largest absolute Gasteiger partial charge is 0.492 e. The zero-order valence-corrected chi connectivity index (χ0v) is 22.2. The van der Waals surface area contributed by atoms with E-state index in [-0.39, 0.29) is 16.4 Å². The van der Waals surface area contributed by atoms with Gasteiger partial charge in [-0.25, -0.2) is 0 Å². The zero-order chi connectivity index (χ0) is 27.2. The number of rotatable bonds is 7. The summed E-state index contributed by atoms with van der Waals surface area (Å²) in [7, 11) is 0. The molecule has 0 unspecified atom stereocenters. The molecule has 0 aromatic heterocycles. The summed E-state index contributed by atoms with van der Waals surface area (Å²) < 4.78 is 44.9. The summed E-state index contributed by atoms with van der Waals surface area (Å²) in [6, 6.07) is 15.4. The molecule has 0 saturated heterocycles. The van der Waals surface area contributed by atoms with Crippen LogP contribution in [0.3, 0.4) is 0 Å². The smallest absolute Gasteiger partial charge is 0.416 e. The Bertz CT molecular complexity index is 1300. The van der Waals surface area contributed by atoms with Crippen molar-refractivity contribution in [3.05, 3.63) is 87.9 Å². The monoisotopic (exact) mass is 593 g/mol. The van der Waals surface area contributed by atoms with Gasteiger partial charge in [0.2, 0.25) is 0 Å². The number of hydrogen-bond acceptors (Lipinski definition) is 4. The lowest BCUT2D eigenvalue weighted by Gasteiger charge is -2.13. The average molecular weight is 594 g/mol. The van der Waals surface area contributed by atoms with Crippen LogP contribution in [0.15, 0.2) is 71.2 Å². The van der Waals surface area contributed by atoms with Gasteiger partial charge >= 0.3 is 6.18 Å². The summed E-state index contributed by atoms with van der Waals surface area (Å²) in [5.41, 5.74) is 0.261.